The smallest absolute Gasteiger partial charge is 0.236 e. The standard InChI is InChI=1S/C27H47NO3Si/c1-8-32(9-2,10-3)31-23-12-11-17-26(5)21(14-15-22(23)26)20(4)13-16-24(29)27(18-19-27)25(30)28(6)7/h13,16,20-23H,8-12,14-15,17-19H2,1-7H3/b16-13+/t20-,21?,22-,23-,26+/m1/s1. The van der Waals surface area contributed by atoms with E-state index in [9.17, 15) is 9.59 Å². The van der Waals surface area contributed by atoms with Gasteiger partial charge >= 0.3 is 0 Å². The largest absolute Gasteiger partial charge is 0.414 e. The normalized spacial score (nSPS) is 32.5. The maximum Gasteiger partial charge on any atom is 0.236 e. The summed E-state index contributed by atoms with van der Waals surface area (Å²) in [5, 5.41) is 0. The van der Waals surface area contributed by atoms with Crippen LogP contribution in [0.25, 0.3) is 0 Å². The summed E-state index contributed by atoms with van der Waals surface area (Å²) in [6.07, 6.45) is 11.9. The van der Waals surface area contributed by atoms with E-state index in [0.29, 0.717) is 42.1 Å². The highest BCUT2D eigenvalue weighted by Crippen LogP contribution is 2.59. The van der Waals surface area contributed by atoms with Crippen LogP contribution in [0, 0.1) is 28.6 Å². The number of hydrogen-bond acceptors (Lipinski definition) is 3. The van der Waals surface area contributed by atoms with E-state index in [1.807, 2.05) is 0 Å². The summed E-state index contributed by atoms with van der Waals surface area (Å²) in [5.74, 6) is 1.56. The first-order chi connectivity index (χ1) is 15.1. The van der Waals surface area contributed by atoms with Gasteiger partial charge in [0.05, 0.1) is 0 Å². The topological polar surface area (TPSA) is 46.6 Å². The van der Waals surface area contributed by atoms with Crippen molar-refractivity contribution < 1.29 is 14.0 Å². The molecule has 5 heteroatoms. The molecule has 0 spiro atoms. The average molecular weight is 462 g/mol. The number of rotatable bonds is 10. The van der Waals surface area contributed by atoms with E-state index < -0.39 is 13.7 Å². The molecule has 0 aromatic heterocycles. The van der Waals surface area contributed by atoms with E-state index in [0.717, 1.165) is 0 Å². The van der Waals surface area contributed by atoms with Crippen LogP contribution in [-0.2, 0) is 14.0 Å². The summed E-state index contributed by atoms with van der Waals surface area (Å²) in [5.41, 5.74) is -0.470. The molecule has 5 atom stereocenters. The number of amides is 1. The van der Waals surface area contributed by atoms with Crippen LogP contribution in [0.4, 0.5) is 0 Å². The maximum absolute atomic E-state index is 12.9. The number of allylic oxidation sites excluding steroid dienone is 2. The van der Waals surface area contributed by atoms with Gasteiger partial charge in [-0.05, 0) is 85.9 Å². The summed E-state index contributed by atoms with van der Waals surface area (Å²) in [6.45, 7) is 11.8. The molecule has 3 fully saturated rings. The van der Waals surface area contributed by atoms with E-state index in [-0.39, 0.29) is 11.7 Å². The van der Waals surface area contributed by atoms with E-state index in [4.69, 9.17) is 4.43 Å². The molecule has 3 saturated carbocycles. The Morgan fingerprint density at radius 1 is 1.06 bits per heavy atom. The first-order valence-electron chi connectivity index (χ1n) is 13.2. The number of carbonyl (C=O) groups is 2. The van der Waals surface area contributed by atoms with Gasteiger partial charge in [-0.25, -0.2) is 0 Å². The van der Waals surface area contributed by atoms with Crippen molar-refractivity contribution in [1.82, 2.24) is 4.90 Å². The zero-order chi connectivity index (χ0) is 23.7. The molecule has 0 aromatic rings. The van der Waals surface area contributed by atoms with Gasteiger partial charge in [0.2, 0.25) is 5.91 Å². The van der Waals surface area contributed by atoms with Crippen LogP contribution >= 0.6 is 0 Å². The fourth-order valence-electron chi connectivity index (χ4n) is 7.14. The Balaban J connectivity index is 1.70. The number of carbonyl (C=O) groups excluding carboxylic acids is 2. The lowest BCUT2D eigenvalue weighted by Crippen LogP contribution is -2.48. The highest BCUT2D eigenvalue weighted by Gasteiger charge is 2.56. The number of hydrogen-bond donors (Lipinski definition) is 0. The number of ketones is 1. The van der Waals surface area contributed by atoms with Gasteiger partial charge in [-0.3, -0.25) is 9.59 Å². The molecule has 32 heavy (non-hydrogen) atoms. The molecule has 4 nitrogen and oxygen atoms in total. The van der Waals surface area contributed by atoms with E-state index >= 15 is 0 Å². The second kappa shape index (κ2) is 9.73. The third-order valence-electron chi connectivity index (χ3n) is 9.69. The zero-order valence-electron chi connectivity index (χ0n) is 21.7. The van der Waals surface area contributed by atoms with Gasteiger partial charge in [0, 0.05) is 20.2 Å². The Labute approximate surface area is 197 Å². The van der Waals surface area contributed by atoms with Crippen LogP contribution in [0.15, 0.2) is 12.2 Å². The lowest BCUT2D eigenvalue weighted by atomic mass is 9.62. The van der Waals surface area contributed by atoms with Crippen LogP contribution < -0.4 is 0 Å². The predicted octanol–water partition coefficient (Wildman–Crippen LogP) is 6.22. The quantitative estimate of drug-likeness (QED) is 0.220. The molecule has 0 aromatic carbocycles. The number of nitrogens with zero attached hydrogens (tertiary/aromatic N) is 1. The molecule has 0 N–H and O–H groups in total. The zero-order valence-corrected chi connectivity index (χ0v) is 22.7. The van der Waals surface area contributed by atoms with Crippen molar-refractivity contribution in [3.8, 4) is 0 Å². The van der Waals surface area contributed by atoms with Crippen molar-refractivity contribution in [1.29, 1.82) is 0 Å². The van der Waals surface area contributed by atoms with Gasteiger partial charge in [-0.1, -0.05) is 47.1 Å². The Kier molecular flexibility index (Phi) is 7.81. The average Bonchev–Trinajstić information content (AvgIpc) is 3.51. The number of fused-ring (bicyclic) bond motifs is 1. The molecular formula is C27H47NO3Si. The lowest BCUT2D eigenvalue weighted by molar-refractivity contribution is -0.139. The summed E-state index contributed by atoms with van der Waals surface area (Å²) >= 11 is 0. The van der Waals surface area contributed by atoms with Crippen LogP contribution in [0.1, 0.15) is 79.6 Å². The molecule has 3 aliphatic rings. The summed E-state index contributed by atoms with van der Waals surface area (Å²) < 4.78 is 7.06. The third-order valence-corrected chi connectivity index (χ3v) is 14.4. The lowest BCUT2D eigenvalue weighted by Gasteiger charge is -2.48. The molecule has 3 rings (SSSR count). The van der Waals surface area contributed by atoms with Crippen LogP contribution in [0.5, 0.6) is 0 Å². The van der Waals surface area contributed by atoms with Gasteiger partial charge in [0.1, 0.15) is 5.41 Å². The first kappa shape index (κ1) is 25.7. The molecule has 0 bridgehead atoms. The van der Waals surface area contributed by atoms with Crippen molar-refractivity contribution in [3.63, 3.8) is 0 Å². The second-order valence-corrected chi connectivity index (χ2v) is 16.2. The van der Waals surface area contributed by atoms with E-state index in [1.54, 1.807) is 25.1 Å². The van der Waals surface area contributed by atoms with Gasteiger partial charge < -0.3 is 9.33 Å². The van der Waals surface area contributed by atoms with E-state index in [1.165, 1.54) is 50.2 Å². The summed E-state index contributed by atoms with van der Waals surface area (Å²) in [6, 6.07) is 3.66. The SMILES string of the molecule is CC[Si](CC)(CC)O[C@@H]1CCC[C@@]2(C)C([C@H](C)/C=C/C(=O)C3(C(=O)N(C)C)CC3)CC[C@H]12. The molecule has 0 saturated heterocycles. The molecule has 0 aliphatic heterocycles. The highest BCUT2D eigenvalue weighted by atomic mass is 28.4. The van der Waals surface area contributed by atoms with Gasteiger partial charge in [0.15, 0.2) is 14.1 Å². The molecule has 3 aliphatic carbocycles. The Bertz CT molecular complexity index is 716. The third kappa shape index (κ3) is 4.53. The molecule has 1 amide bonds. The van der Waals surface area contributed by atoms with Crippen molar-refractivity contribution in [2.75, 3.05) is 14.1 Å². The second-order valence-electron chi connectivity index (χ2n) is 11.5. The molecule has 0 heterocycles. The van der Waals surface area contributed by atoms with Crippen molar-refractivity contribution in [2.24, 2.45) is 28.6 Å². The van der Waals surface area contributed by atoms with Gasteiger partial charge in [-0.2, -0.15) is 0 Å². The maximum atomic E-state index is 12.9. The minimum atomic E-state index is -1.61. The minimum absolute atomic E-state index is 0.0113. The van der Waals surface area contributed by atoms with Crippen molar-refractivity contribution in [3.05, 3.63) is 12.2 Å². The molecular weight excluding hydrogens is 414 g/mol. The fraction of sp³-hybridized carbons (Fsp3) is 0.852. The van der Waals surface area contributed by atoms with Crippen molar-refractivity contribution >= 4 is 20.0 Å². The van der Waals surface area contributed by atoms with Crippen LogP contribution in [0.3, 0.4) is 0 Å². The highest BCUT2D eigenvalue weighted by molar-refractivity contribution is 6.73. The minimum Gasteiger partial charge on any atom is -0.414 e. The fourth-order valence-corrected chi connectivity index (χ4v) is 10.1. The predicted molar refractivity (Wildman–Crippen MR) is 134 cm³/mol. The summed E-state index contributed by atoms with van der Waals surface area (Å²) in [4.78, 5) is 27.0. The monoisotopic (exact) mass is 461 g/mol. The Morgan fingerprint density at radius 3 is 2.22 bits per heavy atom. The van der Waals surface area contributed by atoms with Crippen LogP contribution in [-0.4, -0.2) is 45.1 Å². The Morgan fingerprint density at radius 2 is 1.69 bits per heavy atom. The van der Waals surface area contributed by atoms with E-state index in [2.05, 4.69) is 40.7 Å². The molecule has 182 valence electrons. The van der Waals surface area contributed by atoms with Gasteiger partial charge in [0.25, 0.3) is 0 Å². The molecule has 1 unspecified atom stereocenters. The van der Waals surface area contributed by atoms with Crippen LogP contribution in [0.2, 0.25) is 18.1 Å². The summed E-state index contributed by atoms with van der Waals surface area (Å²) in [7, 11) is 1.89. The Hall–Kier alpha value is -0.943. The molecule has 0 radical (unpaired) electrons. The van der Waals surface area contributed by atoms with Gasteiger partial charge in [-0.15, -0.1) is 0 Å². The van der Waals surface area contributed by atoms with Crippen molar-refractivity contribution in [2.45, 2.75) is 104 Å². The first-order valence-corrected chi connectivity index (χ1v) is 15.7.